The van der Waals surface area contributed by atoms with Gasteiger partial charge in [-0.1, -0.05) is 456 Å². The van der Waals surface area contributed by atoms with E-state index in [4.69, 9.17) is 37.9 Å². The second-order valence-electron chi connectivity index (χ2n) is 52.7. The first-order chi connectivity index (χ1) is 62.2. The van der Waals surface area contributed by atoms with Crippen molar-refractivity contribution in [1.82, 2.24) is 0 Å². The van der Waals surface area contributed by atoms with Crippen molar-refractivity contribution >= 4 is 0 Å². The molecule has 5 aromatic carbocycles. The largest absolute Gasteiger partial charge is 0.496 e. The molecule has 11 heteroatoms. The van der Waals surface area contributed by atoms with E-state index in [0.29, 0.717) is 72.3 Å². The van der Waals surface area contributed by atoms with E-state index in [1.54, 1.807) is 48.4 Å². The molecule has 1 unspecified atom stereocenters. The summed E-state index contributed by atoms with van der Waals surface area (Å²) in [6.07, 6.45) is 34.7. The van der Waals surface area contributed by atoms with Crippen LogP contribution in [0.4, 0.5) is 13.2 Å². The molecule has 136 heavy (non-hydrogen) atoms. The molecule has 2 aliphatic rings. The Morgan fingerprint density at radius 3 is 0.926 bits per heavy atom. The fourth-order valence-electron chi connectivity index (χ4n) is 14.5. The number of aryl methyl sites for hydroxylation is 3. The van der Waals surface area contributed by atoms with Crippen LogP contribution in [0.3, 0.4) is 0 Å². The van der Waals surface area contributed by atoms with Gasteiger partial charge in [-0.15, -0.1) is 0 Å². The monoisotopic (exact) mass is 1910 g/mol. The molecule has 0 saturated carbocycles. The van der Waals surface area contributed by atoms with Gasteiger partial charge in [0.05, 0.1) is 46.9 Å². The summed E-state index contributed by atoms with van der Waals surface area (Å²) < 4.78 is 71.7. The lowest BCUT2D eigenvalue weighted by atomic mass is 9.88. The van der Waals surface area contributed by atoms with E-state index in [1.807, 2.05) is 18.2 Å². The first-order valence-electron chi connectivity index (χ1n) is 52.8. The fourth-order valence-corrected chi connectivity index (χ4v) is 14.5. The molecule has 3 heterocycles. The predicted molar refractivity (Wildman–Crippen MR) is 592 cm³/mol. The van der Waals surface area contributed by atoms with E-state index in [9.17, 15) is 13.2 Å². The minimum absolute atomic E-state index is 0.0556. The Hall–Kier alpha value is -5.59. The SMILES string of the molecule is CC(C)(C)CC(F)(F)F.CC(C)(C)CC1CCCO1.CC(C)(C)CC1OCCO1.CC(C)(C)CCCCO.CC(C)(C)Cc1ccccc1.CC(C)(C)Cc1ccccc1.CC(C)(C)Cc1ccccc1.CC(C)(C)Cc1ccco1.CCCCCCCCC(C)(C)C.CCCCCCCCC(C)(C)C.COc1ccc(CCC(C)(C)C)cc1C.COc1ccc(CCC(C)(C)C)cc1OC. The Labute approximate surface area is 842 Å². The van der Waals surface area contributed by atoms with Gasteiger partial charge in [0, 0.05) is 32.5 Å². The molecular weight excluding hydrogens is 1690 g/mol. The molecule has 0 aliphatic carbocycles. The second kappa shape index (κ2) is 71.0. The highest BCUT2D eigenvalue weighted by atomic mass is 19.4. The van der Waals surface area contributed by atoms with Crippen LogP contribution < -0.4 is 14.2 Å². The van der Waals surface area contributed by atoms with Crippen molar-refractivity contribution in [3.05, 3.63) is 185 Å². The van der Waals surface area contributed by atoms with Crippen LogP contribution in [-0.4, -0.2) is 71.4 Å². The molecule has 0 bridgehead atoms. The van der Waals surface area contributed by atoms with Gasteiger partial charge in [0.1, 0.15) is 11.5 Å². The van der Waals surface area contributed by atoms with E-state index < -0.39 is 18.0 Å². The van der Waals surface area contributed by atoms with Gasteiger partial charge < -0.3 is 37.9 Å². The maximum atomic E-state index is 11.6. The van der Waals surface area contributed by atoms with Crippen molar-refractivity contribution in [3.8, 4) is 17.2 Å². The van der Waals surface area contributed by atoms with Crippen molar-refractivity contribution in [2.24, 2.45) is 65.0 Å². The number of benzene rings is 5. The molecule has 0 radical (unpaired) electrons. The summed E-state index contributed by atoms with van der Waals surface area (Å²) in [7, 11) is 5.05. The van der Waals surface area contributed by atoms with Gasteiger partial charge in [0.25, 0.3) is 0 Å². The van der Waals surface area contributed by atoms with E-state index in [-0.39, 0.29) is 6.29 Å². The number of methoxy groups -OCH3 is 3. The van der Waals surface area contributed by atoms with Crippen LogP contribution in [0.15, 0.2) is 150 Å². The quantitative estimate of drug-likeness (QED) is 0.0486. The molecular formula is C125H221F3O8. The lowest BCUT2D eigenvalue weighted by Gasteiger charge is -2.21. The minimum atomic E-state index is -4.02. The van der Waals surface area contributed by atoms with Crippen LogP contribution >= 0.6 is 0 Å². The average molecular weight is 1910 g/mol. The molecule has 6 aromatic rings. The Morgan fingerprint density at radius 2 is 0.654 bits per heavy atom. The number of unbranched alkanes of at least 4 members (excludes halogenated alkanes) is 11. The van der Waals surface area contributed by atoms with Crippen molar-refractivity contribution in [2.75, 3.05) is 47.8 Å². The van der Waals surface area contributed by atoms with E-state index in [1.165, 1.54) is 162 Å². The molecule has 0 spiro atoms. The standard InChI is InChI=1S/C14H22O2.C14H22O.2C12H26.3C11H16.C9H18O.C9H14O.C8H16O2.C8H18O.C6H11F3/c1-14(2,3)9-8-11-6-7-12(15-4)13(10-11)16-5;1-11-10-12(6-7-13(11)15-5)8-9-14(2,3)4;2*1-5-6-7-8-9-10-11-12(2,3)4;3*1-11(2,3)9-10-7-5-4-6-8-10;2*1-9(2,3)7-8-5-4-6-10-8;1-8(2,3)6-7-9-4-5-10-7;1-8(2,3)6-4-5-7-9;1-5(2,3)4-6(7,8)9/h6-7,10H,8-9H2,1-5H3;6-7,10H,8-9H2,1-5H3;2*5-11H2,1-4H3;3*4-8H,9H2,1-3H3;8H,4-7H2,1-3H3;4-6H,7H2,1-3H3;7H,4-6H2,1-3H3;9H,4-7H2,1-3H3;4H2,1-3H3. The lowest BCUT2D eigenvalue weighted by molar-refractivity contribution is -0.152. The van der Waals surface area contributed by atoms with Gasteiger partial charge >= 0.3 is 6.18 Å². The summed E-state index contributed by atoms with van der Waals surface area (Å²) in [6, 6.07) is 48.4. The number of hydrogen-bond acceptors (Lipinski definition) is 8. The molecule has 8 rings (SSSR count). The third-order valence-electron chi connectivity index (χ3n) is 21.2. The van der Waals surface area contributed by atoms with Crippen molar-refractivity contribution in [2.45, 2.75) is 481 Å². The predicted octanol–water partition coefficient (Wildman–Crippen LogP) is 39.5. The first kappa shape index (κ1) is 137. The van der Waals surface area contributed by atoms with Gasteiger partial charge in [-0.05, 0) is 226 Å². The molecule has 2 fully saturated rings. The topological polar surface area (TPSA) is 88.8 Å². The number of halogens is 3. The molecule has 1 atom stereocenters. The highest BCUT2D eigenvalue weighted by Crippen LogP contribution is 2.35. The van der Waals surface area contributed by atoms with Gasteiger partial charge in [-0.3, -0.25) is 0 Å². The molecule has 0 amide bonds. The molecule has 1 aromatic heterocycles. The second-order valence-corrected chi connectivity index (χ2v) is 52.7. The number of aliphatic hydroxyl groups excluding tert-OH is 1. The zero-order valence-corrected chi connectivity index (χ0v) is 97.0. The Balaban J connectivity index is -0.000000701. The zero-order valence-electron chi connectivity index (χ0n) is 97.0. The fraction of sp³-hybridized carbons (Fsp3) is 0.728. The molecule has 2 saturated heterocycles. The van der Waals surface area contributed by atoms with Crippen LogP contribution in [0, 0.1) is 71.9 Å². The summed E-state index contributed by atoms with van der Waals surface area (Å²) in [4.78, 5) is 0. The van der Waals surface area contributed by atoms with Crippen molar-refractivity contribution in [3.63, 3.8) is 0 Å². The van der Waals surface area contributed by atoms with Crippen LogP contribution in [0.2, 0.25) is 0 Å². The number of aliphatic hydroxyl groups is 1. The summed E-state index contributed by atoms with van der Waals surface area (Å²) in [5.41, 5.74) is 12.2. The number of alkyl halides is 3. The lowest BCUT2D eigenvalue weighted by Crippen LogP contribution is -2.18. The van der Waals surface area contributed by atoms with Crippen LogP contribution in [-0.2, 0) is 52.7 Å². The summed E-state index contributed by atoms with van der Waals surface area (Å²) in [5.74, 6) is 3.66. The van der Waals surface area contributed by atoms with Crippen LogP contribution in [0.5, 0.6) is 17.2 Å². The number of rotatable bonds is 28. The smallest absolute Gasteiger partial charge is 0.389 e. The molecule has 1 N–H and O–H groups in total. The van der Waals surface area contributed by atoms with Gasteiger partial charge in [-0.25, -0.2) is 0 Å². The molecule has 790 valence electrons. The number of hydrogen-bond donors (Lipinski definition) is 1. The Kier molecular flexibility index (Phi) is 71.3. The highest BCUT2D eigenvalue weighted by Gasteiger charge is 2.34. The van der Waals surface area contributed by atoms with Crippen LogP contribution in [0.1, 0.15) is 456 Å². The molecule has 8 nitrogen and oxygen atoms in total. The van der Waals surface area contributed by atoms with Crippen molar-refractivity contribution < 1.29 is 51.1 Å². The summed E-state index contributed by atoms with van der Waals surface area (Å²) >= 11 is 0. The van der Waals surface area contributed by atoms with E-state index in [2.05, 4.69) is 371 Å². The first-order valence-corrected chi connectivity index (χ1v) is 52.8. The zero-order chi connectivity index (χ0) is 105. The van der Waals surface area contributed by atoms with Gasteiger partial charge in [0.2, 0.25) is 0 Å². The Morgan fingerprint density at radius 1 is 0.316 bits per heavy atom. The van der Waals surface area contributed by atoms with E-state index in [0.717, 1.165) is 101 Å². The number of ether oxygens (including phenoxy) is 6. The van der Waals surface area contributed by atoms with Crippen molar-refractivity contribution in [1.29, 1.82) is 0 Å². The Bertz CT molecular complexity index is 3500. The normalized spacial score (nSPS) is 13.7. The highest BCUT2D eigenvalue weighted by molar-refractivity contribution is 5.43. The maximum Gasteiger partial charge on any atom is 0.389 e. The third kappa shape index (κ3) is 101. The van der Waals surface area contributed by atoms with Crippen LogP contribution in [0.25, 0.3) is 0 Å². The van der Waals surface area contributed by atoms with E-state index >= 15 is 0 Å². The maximum absolute atomic E-state index is 11.6. The van der Waals surface area contributed by atoms with Gasteiger partial charge in [-0.2, -0.15) is 13.2 Å². The van der Waals surface area contributed by atoms with Gasteiger partial charge in [0.15, 0.2) is 17.8 Å². The summed E-state index contributed by atoms with van der Waals surface area (Å²) in [5, 5.41) is 8.46. The third-order valence-corrected chi connectivity index (χ3v) is 21.2. The minimum Gasteiger partial charge on any atom is -0.496 e. The molecule has 2 aliphatic heterocycles. The average Bonchev–Trinajstić information content (AvgIpc) is 1.71. The number of furan rings is 1. The summed E-state index contributed by atoms with van der Waals surface area (Å²) in [6.45, 7) is 88.9.